The van der Waals surface area contributed by atoms with Crippen molar-refractivity contribution in [3.8, 4) is 0 Å². The van der Waals surface area contributed by atoms with Crippen LogP contribution >= 0.6 is 0 Å². The minimum absolute atomic E-state index is 0.0496. The van der Waals surface area contributed by atoms with Gasteiger partial charge >= 0.3 is 5.69 Å². The van der Waals surface area contributed by atoms with Gasteiger partial charge in [0.05, 0.1) is 0 Å². The Balaban J connectivity index is 3.10. The van der Waals surface area contributed by atoms with E-state index in [4.69, 9.17) is 5.73 Å². The number of nitrogens with two attached hydrogens (primary N) is 1. The number of nitrogens with one attached hydrogen (secondary N) is 1. The summed E-state index contributed by atoms with van der Waals surface area (Å²) in [5.74, 6) is -0.125. The fraction of sp³-hybridized carbons (Fsp3) is 0.667. The second-order valence-electron chi connectivity index (χ2n) is 5.41. The topological polar surface area (TPSA) is 101 Å². The number of carbonyl (C=O) groups excluding carboxylic acids is 1. The lowest BCUT2D eigenvalue weighted by Gasteiger charge is -2.20. The van der Waals surface area contributed by atoms with Crippen LogP contribution in [0.25, 0.3) is 0 Å². The highest BCUT2D eigenvalue weighted by atomic mass is 16.2. The average molecular weight is 310 g/mol. The first kappa shape index (κ1) is 18.0. The molecule has 1 heterocycles. The van der Waals surface area contributed by atoms with Crippen LogP contribution in [0.4, 0.5) is 11.5 Å². The molecule has 3 N–H and O–H groups in total. The summed E-state index contributed by atoms with van der Waals surface area (Å²) < 4.78 is 1.32. The Hall–Kier alpha value is -2.05. The minimum Gasteiger partial charge on any atom is -0.383 e. The Labute approximate surface area is 130 Å². The third-order valence-corrected chi connectivity index (χ3v) is 3.65. The van der Waals surface area contributed by atoms with Crippen molar-refractivity contribution in [3.05, 3.63) is 20.8 Å². The average Bonchev–Trinajstić information content (AvgIpc) is 2.46. The zero-order chi connectivity index (χ0) is 16.7. The normalized spacial score (nSPS) is 10.7. The van der Waals surface area contributed by atoms with Gasteiger partial charge in [0.25, 0.3) is 5.56 Å². The number of aromatic nitrogens is 2. The molecule has 0 saturated carbocycles. The first-order chi connectivity index (χ1) is 10.4. The molecule has 0 atom stereocenters. The molecular weight excluding hydrogens is 284 g/mol. The standard InChI is InChI=1S/C15H26N4O3/c1-4-6-8-9-11(20)18(3)12-13(16)19(10-7-5-2)15(22)17-14(12)21/h4-10,16H2,1-3H3,(H,17,21,22). The number of nitrogens with zero attached hydrogens (tertiary/aromatic N) is 2. The fourth-order valence-corrected chi connectivity index (χ4v) is 2.26. The third kappa shape index (κ3) is 4.22. The first-order valence-corrected chi connectivity index (χ1v) is 7.83. The smallest absolute Gasteiger partial charge is 0.330 e. The number of hydrogen-bond acceptors (Lipinski definition) is 4. The number of carbonyl (C=O) groups is 1. The molecule has 0 aliphatic rings. The summed E-state index contributed by atoms with van der Waals surface area (Å²) in [4.78, 5) is 39.5. The second-order valence-corrected chi connectivity index (χ2v) is 5.41. The summed E-state index contributed by atoms with van der Waals surface area (Å²) in [5.41, 5.74) is 4.86. The van der Waals surface area contributed by atoms with Crippen LogP contribution in [-0.2, 0) is 11.3 Å². The molecule has 0 aliphatic carbocycles. The van der Waals surface area contributed by atoms with Crippen molar-refractivity contribution in [3.63, 3.8) is 0 Å². The summed E-state index contributed by atoms with van der Waals surface area (Å²) >= 11 is 0. The quantitative estimate of drug-likeness (QED) is 0.710. The van der Waals surface area contributed by atoms with Crippen LogP contribution in [-0.4, -0.2) is 22.5 Å². The van der Waals surface area contributed by atoms with E-state index in [0.29, 0.717) is 13.0 Å². The van der Waals surface area contributed by atoms with E-state index in [1.165, 1.54) is 16.5 Å². The van der Waals surface area contributed by atoms with Crippen LogP contribution in [0.3, 0.4) is 0 Å². The molecule has 1 amide bonds. The SMILES string of the molecule is CCCCCC(=O)N(C)c1c(N)n(CCCC)c(=O)[nH]c1=O. The molecule has 22 heavy (non-hydrogen) atoms. The highest BCUT2D eigenvalue weighted by molar-refractivity contribution is 5.94. The third-order valence-electron chi connectivity index (χ3n) is 3.65. The summed E-state index contributed by atoms with van der Waals surface area (Å²) in [7, 11) is 1.52. The second kappa shape index (κ2) is 8.41. The lowest BCUT2D eigenvalue weighted by Crippen LogP contribution is -2.39. The maximum atomic E-state index is 12.2. The fourth-order valence-electron chi connectivity index (χ4n) is 2.26. The van der Waals surface area contributed by atoms with Gasteiger partial charge in [0.1, 0.15) is 5.82 Å². The van der Waals surface area contributed by atoms with Crippen LogP contribution in [0.15, 0.2) is 9.59 Å². The molecule has 7 heteroatoms. The van der Waals surface area contributed by atoms with Crippen LogP contribution in [0.2, 0.25) is 0 Å². The Morgan fingerprint density at radius 1 is 1.18 bits per heavy atom. The number of amides is 1. The molecule has 0 fully saturated rings. The zero-order valence-electron chi connectivity index (χ0n) is 13.6. The molecule has 0 saturated heterocycles. The number of anilines is 2. The van der Waals surface area contributed by atoms with E-state index < -0.39 is 11.2 Å². The van der Waals surface area contributed by atoms with E-state index >= 15 is 0 Å². The lowest BCUT2D eigenvalue weighted by molar-refractivity contribution is -0.118. The predicted octanol–water partition coefficient (Wildman–Crippen LogP) is 1.46. The van der Waals surface area contributed by atoms with Gasteiger partial charge in [-0.2, -0.15) is 0 Å². The maximum Gasteiger partial charge on any atom is 0.330 e. The van der Waals surface area contributed by atoms with Crippen LogP contribution in [0, 0.1) is 0 Å². The molecule has 1 rings (SSSR count). The number of rotatable bonds is 8. The summed E-state index contributed by atoms with van der Waals surface area (Å²) in [6, 6.07) is 0. The van der Waals surface area contributed by atoms with Crippen molar-refractivity contribution in [1.82, 2.24) is 9.55 Å². The molecule has 7 nitrogen and oxygen atoms in total. The summed E-state index contributed by atoms with van der Waals surface area (Å²) in [6.07, 6.45) is 4.77. The Kier molecular flexibility index (Phi) is 6.88. The number of aromatic amines is 1. The molecule has 0 spiro atoms. The van der Waals surface area contributed by atoms with E-state index in [2.05, 4.69) is 11.9 Å². The van der Waals surface area contributed by atoms with Crippen molar-refractivity contribution >= 4 is 17.4 Å². The molecule has 0 bridgehead atoms. The highest BCUT2D eigenvalue weighted by Crippen LogP contribution is 2.17. The highest BCUT2D eigenvalue weighted by Gasteiger charge is 2.20. The van der Waals surface area contributed by atoms with Crippen LogP contribution < -0.4 is 21.9 Å². The largest absolute Gasteiger partial charge is 0.383 e. The molecule has 0 radical (unpaired) electrons. The Morgan fingerprint density at radius 3 is 2.41 bits per heavy atom. The van der Waals surface area contributed by atoms with Gasteiger partial charge in [0, 0.05) is 20.0 Å². The number of H-pyrrole nitrogens is 1. The van der Waals surface area contributed by atoms with Gasteiger partial charge in [-0.1, -0.05) is 33.1 Å². The van der Waals surface area contributed by atoms with Crippen molar-refractivity contribution in [1.29, 1.82) is 0 Å². The van der Waals surface area contributed by atoms with Crippen LogP contribution in [0.5, 0.6) is 0 Å². The van der Waals surface area contributed by atoms with Gasteiger partial charge in [0.15, 0.2) is 5.69 Å². The number of unbranched alkanes of at least 4 members (excludes halogenated alkanes) is 3. The van der Waals surface area contributed by atoms with E-state index in [-0.39, 0.29) is 17.4 Å². The van der Waals surface area contributed by atoms with Crippen molar-refractivity contribution in [2.45, 2.75) is 58.9 Å². The maximum absolute atomic E-state index is 12.2. The predicted molar refractivity (Wildman–Crippen MR) is 88.2 cm³/mol. The van der Waals surface area contributed by atoms with Gasteiger partial charge in [-0.05, 0) is 12.8 Å². The minimum atomic E-state index is -0.624. The van der Waals surface area contributed by atoms with E-state index in [9.17, 15) is 14.4 Å². The van der Waals surface area contributed by atoms with Crippen molar-refractivity contribution in [2.24, 2.45) is 0 Å². The zero-order valence-corrected chi connectivity index (χ0v) is 13.6. The molecule has 1 aromatic heterocycles. The Morgan fingerprint density at radius 2 is 1.82 bits per heavy atom. The summed E-state index contributed by atoms with van der Waals surface area (Å²) in [5, 5.41) is 0. The molecular formula is C15H26N4O3. The van der Waals surface area contributed by atoms with Crippen molar-refractivity contribution in [2.75, 3.05) is 17.7 Å². The molecule has 124 valence electrons. The van der Waals surface area contributed by atoms with Gasteiger partial charge in [0.2, 0.25) is 5.91 Å². The Bertz CT molecular complexity index is 618. The monoisotopic (exact) mass is 310 g/mol. The van der Waals surface area contributed by atoms with E-state index in [1.807, 2.05) is 6.92 Å². The van der Waals surface area contributed by atoms with Gasteiger partial charge in [-0.25, -0.2) is 4.79 Å². The lowest BCUT2D eigenvalue weighted by atomic mass is 10.2. The first-order valence-electron chi connectivity index (χ1n) is 7.83. The molecule has 0 aliphatic heterocycles. The molecule has 0 unspecified atom stereocenters. The van der Waals surface area contributed by atoms with Gasteiger partial charge < -0.3 is 10.6 Å². The summed E-state index contributed by atoms with van der Waals surface area (Å²) in [6.45, 7) is 4.47. The van der Waals surface area contributed by atoms with Gasteiger partial charge in [-0.15, -0.1) is 0 Å². The van der Waals surface area contributed by atoms with Crippen LogP contribution in [0.1, 0.15) is 52.4 Å². The molecule has 1 aromatic rings. The van der Waals surface area contributed by atoms with Crippen molar-refractivity contribution < 1.29 is 4.79 Å². The van der Waals surface area contributed by atoms with E-state index in [1.54, 1.807) is 0 Å². The molecule has 0 aromatic carbocycles. The number of nitrogen functional groups attached to an aromatic ring is 1. The number of hydrogen-bond donors (Lipinski definition) is 2. The van der Waals surface area contributed by atoms with E-state index in [0.717, 1.165) is 32.1 Å². The van der Waals surface area contributed by atoms with Gasteiger partial charge in [-0.3, -0.25) is 19.1 Å².